The van der Waals surface area contributed by atoms with E-state index in [-0.39, 0.29) is 17.2 Å². The number of piperidine rings is 1. The van der Waals surface area contributed by atoms with Crippen LogP contribution >= 0.6 is 0 Å². The third kappa shape index (κ3) is 3.82. The van der Waals surface area contributed by atoms with Crippen LogP contribution in [0.2, 0.25) is 0 Å². The minimum absolute atomic E-state index is 0.111. The van der Waals surface area contributed by atoms with Gasteiger partial charge >= 0.3 is 0 Å². The number of amides is 2. The largest absolute Gasteiger partial charge is 0.322 e. The average molecular weight is 339 g/mol. The van der Waals surface area contributed by atoms with Crippen LogP contribution in [-0.4, -0.2) is 23.3 Å². The number of benzene rings is 2. The molecule has 128 valence electrons. The summed E-state index contributed by atoms with van der Waals surface area (Å²) < 4.78 is 0. The quantitative estimate of drug-likeness (QED) is 0.683. The molecule has 2 aromatic rings. The molecule has 0 atom stereocenters. The van der Waals surface area contributed by atoms with Gasteiger partial charge in [-0.05, 0) is 43.2 Å². The van der Waals surface area contributed by atoms with E-state index >= 15 is 0 Å². The molecule has 1 aliphatic heterocycles. The van der Waals surface area contributed by atoms with E-state index in [1.54, 1.807) is 29.2 Å². The Morgan fingerprint density at radius 1 is 1.12 bits per heavy atom. The topological polar surface area (TPSA) is 92.6 Å². The third-order valence-electron chi connectivity index (χ3n) is 4.08. The van der Waals surface area contributed by atoms with Crippen molar-refractivity contribution in [2.75, 3.05) is 16.8 Å². The SMILES string of the molecule is O=C(Nc1ccc(N2CCCCC2=O)cc1)c1cccc([N+](=O)[O-])c1. The molecule has 1 N–H and O–H groups in total. The number of hydrogen-bond donors (Lipinski definition) is 1. The minimum atomic E-state index is -0.540. The number of anilines is 2. The van der Waals surface area contributed by atoms with E-state index in [1.165, 1.54) is 24.3 Å². The number of nitro benzene ring substituents is 1. The van der Waals surface area contributed by atoms with Crippen LogP contribution in [0.1, 0.15) is 29.6 Å². The number of nitro groups is 1. The van der Waals surface area contributed by atoms with E-state index in [2.05, 4.69) is 5.32 Å². The summed E-state index contributed by atoms with van der Waals surface area (Å²) in [5.41, 5.74) is 1.44. The Balaban J connectivity index is 1.71. The molecule has 1 heterocycles. The molecule has 0 spiro atoms. The van der Waals surface area contributed by atoms with E-state index in [0.29, 0.717) is 18.7 Å². The zero-order valence-electron chi connectivity index (χ0n) is 13.5. The van der Waals surface area contributed by atoms with Crippen molar-refractivity contribution in [3.63, 3.8) is 0 Å². The van der Waals surface area contributed by atoms with Gasteiger partial charge in [-0.15, -0.1) is 0 Å². The summed E-state index contributed by atoms with van der Waals surface area (Å²) in [5, 5.41) is 13.5. The lowest BCUT2D eigenvalue weighted by atomic mass is 10.1. The lowest BCUT2D eigenvalue weighted by molar-refractivity contribution is -0.384. The zero-order valence-corrected chi connectivity index (χ0v) is 13.5. The van der Waals surface area contributed by atoms with Gasteiger partial charge in [-0.2, -0.15) is 0 Å². The monoisotopic (exact) mass is 339 g/mol. The molecule has 0 bridgehead atoms. The fourth-order valence-electron chi connectivity index (χ4n) is 2.77. The van der Waals surface area contributed by atoms with Gasteiger partial charge in [-0.25, -0.2) is 0 Å². The van der Waals surface area contributed by atoms with Crippen molar-refractivity contribution in [3.05, 3.63) is 64.2 Å². The van der Waals surface area contributed by atoms with E-state index in [4.69, 9.17) is 0 Å². The molecule has 0 aliphatic carbocycles. The number of non-ortho nitro benzene ring substituents is 1. The Hall–Kier alpha value is -3.22. The van der Waals surface area contributed by atoms with Gasteiger partial charge in [0.25, 0.3) is 11.6 Å². The maximum atomic E-state index is 12.2. The first-order valence-electron chi connectivity index (χ1n) is 8.01. The molecule has 3 rings (SSSR count). The molecule has 1 saturated heterocycles. The van der Waals surface area contributed by atoms with Crippen molar-refractivity contribution in [2.24, 2.45) is 0 Å². The highest BCUT2D eigenvalue weighted by molar-refractivity contribution is 6.04. The average Bonchev–Trinajstić information content (AvgIpc) is 2.63. The molecule has 7 nitrogen and oxygen atoms in total. The second-order valence-corrected chi connectivity index (χ2v) is 5.81. The Morgan fingerprint density at radius 3 is 2.56 bits per heavy atom. The number of carbonyl (C=O) groups excluding carboxylic acids is 2. The summed E-state index contributed by atoms with van der Waals surface area (Å²) >= 11 is 0. The van der Waals surface area contributed by atoms with Crippen molar-refractivity contribution in [2.45, 2.75) is 19.3 Å². The molecule has 0 saturated carbocycles. The maximum Gasteiger partial charge on any atom is 0.270 e. The van der Waals surface area contributed by atoms with Gasteiger partial charge in [-0.3, -0.25) is 19.7 Å². The van der Waals surface area contributed by atoms with Crippen molar-refractivity contribution in [3.8, 4) is 0 Å². The smallest absolute Gasteiger partial charge is 0.270 e. The first-order chi connectivity index (χ1) is 12.0. The van der Waals surface area contributed by atoms with Crippen LogP contribution < -0.4 is 10.2 Å². The highest BCUT2D eigenvalue weighted by Gasteiger charge is 2.19. The van der Waals surface area contributed by atoms with Crippen molar-refractivity contribution < 1.29 is 14.5 Å². The summed E-state index contributed by atoms with van der Waals surface area (Å²) in [6.07, 6.45) is 2.47. The predicted octanol–water partition coefficient (Wildman–Crippen LogP) is 3.36. The predicted molar refractivity (Wildman–Crippen MR) is 93.7 cm³/mol. The van der Waals surface area contributed by atoms with Gasteiger partial charge in [0, 0.05) is 42.0 Å². The zero-order chi connectivity index (χ0) is 17.8. The molecule has 0 aromatic heterocycles. The first kappa shape index (κ1) is 16.6. The third-order valence-corrected chi connectivity index (χ3v) is 4.08. The molecule has 1 fully saturated rings. The van der Waals surface area contributed by atoms with Gasteiger partial charge in [0.05, 0.1) is 4.92 Å². The molecular formula is C18H17N3O4. The van der Waals surface area contributed by atoms with Crippen LogP contribution in [0.25, 0.3) is 0 Å². The second-order valence-electron chi connectivity index (χ2n) is 5.81. The molecular weight excluding hydrogens is 322 g/mol. The van der Waals surface area contributed by atoms with Crippen molar-refractivity contribution in [1.82, 2.24) is 0 Å². The van der Waals surface area contributed by atoms with E-state index in [1.807, 2.05) is 0 Å². The normalized spacial score (nSPS) is 14.2. The molecule has 25 heavy (non-hydrogen) atoms. The van der Waals surface area contributed by atoms with Crippen molar-refractivity contribution >= 4 is 28.9 Å². The summed E-state index contributed by atoms with van der Waals surface area (Å²) in [6.45, 7) is 0.707. The van der Waals surface area contributed by atoms with E-state index in [9.17, 15) is 19.7 Å². The maximum absolute atomic E-state index is 12.2. The summed E-state index contributed by atoms with van der Waals surface area (Å²) in [5.74, 6) is -0.315. The van der Waals surface area contributed by atoms with Crippen LogP contribution in [0.3, 0.4) is 0 Å². The Kier molecular flexibility index (Phi) is 4.74. The van der Waals surface area contributed by atoms with E-state index < -0.39 is 10.8 Å². The Labute approximate surface area is 144 Å². The molecule has 2 aromatic carbocycles. The van der Waals surface area contributed by atoms with Crippen molar-refractivity contribution in [1.29, 1.82) is 0 Å². The van der Waals surface area contributed by atoms with Gasteiger partial charge in [-0.1, -0.05) is 6.07 Å². The van der Waals surface area contributed by atoms with Gasteiger partial charge in [0.2, 0.25) is 5.91 Å². The number of nitrogens with one attached hydrogen (secondary N) is 1. The van der Waals surface area contributed by atoms with Crippen LogP contribution in [0.5, 0.6) is 0 Å². The van der Waals surface area contributed by atoms with Gasteiger partial charge in [0.1, 0.15) is 0 Å². The van der Waals surface area contributed by atoms with E-state index in [0.717, 1.165) is 18.5 Å². The molecule has 1 aliphatic rings. The van der Waals surface area contributed by atoms with Crippen LogP contribution in [0.4, 0.5) is 17.1 Å². The second kappa shape index (κ2) is 7.12. The number of nitrogens with zero attached hydrogens (tertiary/aromatic N) is 2. The number of carbonyl (C=O) groups is 2. The van der Waals surface area contributed by atoms with Crippen LogP contribution in [-0.2, 0) is 4.79 Å². The van der Waals surface area contributed by atoms with Crippen LogP contribution in [0, 0.1) is 10.1 Å². The lowest BCUT2D eigenvalue weighted by Crippen LogP contribution is -2.35. The minimum Gasteiger partial charge on any atom is -0.322 e. The fourth-order valence-corrected chi connectivity index (χ4v) is 2.77. The van der Waals surface area contributed by atoms with Crippen LogP contribution in [0.15, 0.2) is 48.5 Å². The number of hydrogen-bond acceptors (Lipinski definition) is 4. The summed E-state index contributed by atoms with van der Waals surface area (Å²) in [6, 6.07) is 12.6. The molecule has 2 amide bonds. The Bertz CT molecular complexity index is 817. The van der Waals surface area contributed by atoms with Gasteiger partial charge < -0.3 is 10.2 Å². The highest BCUT2D eigenvalue weighted by atomic mass is 16.6. The summed E-state index contributed by atoms with van der Waals surface area (Å²) in [7, 11) is 0. The highest BCUT2D eigenvalue weighted by Crippen LogP contribution is 2.23. The Morgan fingerprint density at radius 2 is 1.88 bits per heavy atom. The summed E-state index contributed by atoms with van der Waals surface area (Å²) in [4.78, 5) is 36.2. The fraction of sp³-hybridized carbons (Fsp3) is 0.222. The van der Waals surface area contributed by atoms with Gasteiger partial charge in [0.15, 0.2) is 0 Å². The molecule has 0 radical (unpaired) electrons. The standard InChI is InChI=1S/C18H17N3O4/c22-17-6-1-2-11-20(17)15-9-7-14(8-10-15)19-18(23)13-4-3-5-16(12-13)21(24)25/h3-5,7-10,12H,1-2,6,11H2,(H,19,23). The molecule has 7 heteroatoms. The lowest BCUT2D eigenvalue weighted by Gasteiger charge is -2.26. The molecule has 0 unspecified atom stereocenters. The number of rotatable bonds is 4. The first-order valence-corrected chi connectivity index (χ1v) is 8.01.